The van der Waals surface area contributed by atoms with Crippen LogP contribution in [0.5, 0.6) is 0 Å². The number of rotatable bonds is 12. The molecule has 47 heavy (non-hydrogen) atoms. The molecule has 0 saturated heterocycles. The molecule has 0 aromatic heterocycles. The molecule has 0 aliphatic carbocycles. The van der Waals surface area contributed by atoms with Crippen molar-refractivity contribution in [1.82, 2.24) is 16.0 Å². The second-order valence-corrected chi connectivity index (χ2v) is 9.97. The van der Waals surface area contributed by atoms with E-state index >= 15 is 0 Å². The summed E-state index contributed by atoms with van der Waals surface area (Å²) in [6.07, 6.45) is -12.6. The van der Waals surface area contributed by atoms with Crippen LogP contribution in [0.3, 0.4) is 0 Å². The van der Waals surface area contributed by atoms with E-state index in [1.54, 1.807) is 60.7 Å². The number of carbonyl (C=O) groups excluding carboxylic acids is 4. The number of carboxylic acids is 1. The van der Waals surface area contributed by atoms with E-state index in [1.807, 2.05) is 0 Å². The Morgan fingerprint density at radius 3 is 1.83 bits per heavy atom. The monoisotopic (exact) mass is 668 g/mol. The van der Waals surface area contributed by atoms with Crippen LogP contribution in [-0.2, 0) is 46.4 Å². The number of alkyl carbamates (subject to hydrolysis) is 2. The standard InChI is InChI=1S/C29H31F3N4O11/c1-16(37)36-22-19(33)12-20(24(39)40)45-23(22)28(21(38)15-44-25(41)29(30,31)32,46-26(42)34-13-17-8-4-2-5-9-17)47-27(43)35-14-18-10-6-3-7-11-18/h2-12,19,21-23,38H,13-15,33H2,1H3,(H,34,42)(H,35,43)(H,36,37)(H,39,40)/t19-,21+,22+,23+/m0/s1. The summed E-state index contributed by atoms with van der Waals surface area (Å²) < 4.78 is 59.3. The molecule has 0 radical (unpaired) electrons. The Labute approximate surface area is 264 Å². The van der Waals surface area contributed by atoms with Crippen molar-refractivity contribution in [2.24, 2.45) is 5.73 Å². The number of amides is 3. The van der Waals surface area contributed by atoms with Gasteiger partial charge in [-0.3, -0.25) is 4.79 Å². The van der Waals surface area contributed by atoms with E-state index in [4.69, 9.17) is 19.9 Å². The van der Waals surface area contributed by atoms with Crippen molar-refractivity contribution < 1.29 is 66.3 Å². The summed E-state index contributed by atoms with van der Waals surface area (Å²) in [6.45, 7) is -1.10. The number of aliphatic carboxylic acids is 1. The summed E-state index contributed by atoms with van der Waals surface area (Å²) in [5.41, 5.74) is 7.14. The number of halogens is 3. The molecule has 2 aromatic carbocycles. The molecule has 0 bridgehead atoms. The number of carboxylic acid groups (broad SMARTS) is 1. The van der Waals surface area contributed by atoms with Crippen LogP contribution >= 0.6 is 0 Å². The lowest BCUT2D eigenvalue weighted by atomic mass is 9.89. The van der Waals surface area contributed by atoms with E-state index in [0.29, 0.717) is 11.1 Å². The van der Waals surface area contributed by atoms with Gasteiger partial charge in [0.05, 0.1) is 12.1 Å². The third kappa shape index (κ3) is 10.1. The second-order valence-electron chi connectivity index (χ2n) is 9.97. The van der Waals surface area contributed by atoms with E-state index < -0.39 is 78.7 Å². The molecule has 18 heteroatoms. The molecule has 0 fully saturated rings. The number of hydrogen-bond donors (Lipinski definition) is 6. The number of nitrogens with one attached hydrogen (secondary N) is 3. The first-order valence-corrected chi connectivity index (χ1v) is 13.7. The third-order valence-electron chi connectivity index (χ3n) is 6.45. The highest BCUT2D eigenvalue weighted by Gasteiger charge is 2.61. The summed E-state index contributed by atoms with van der Waals surface area (Å²) in [7, 11) is 0. The van der Waals surface area contributed by atoms with Crippen LogP contribution in [0.25, 0.3) is 0 Å². The quantitative estimate of drug-likeness (QED) is 0.139. The molecule has 0 spiro atoms. The van der Waals surface area contributed by atoms with Crippen molar-refractivity contribution in [2.45, 2.75) is 56.3 Å². The smallest absolute Gasteiger partial charge is 0.475 e. The molecule has 1 aliphatic heterocycles. The number of carbonyl (C=O) groups is 5. The predicted octanol–water partition coefficient (Wildman–Crippen LogP) is 1.20. The second kappa shape index (κ2) is 15.8. The number of aliphatic hydroxyl groups is 1. The zero-order valence-corrected chi connectivity index (χ0v) is 24.6. The number of hydrogen-bond acceptors (Lipinski definition) is 11. The largest absolute Gasteiger partial charge is 0.490 e. The minimum Gasteiger partial charge on any atom is -0.475 e. The van der Waals surface area contributed by atoms with Crippen molar-refractivity contribution in [2.75, 3.05) is 6.61 Å². The first kappa shape index (κ1) is 36.1. The van der Waals surface area contributed by atoms with Gasteiger partial charge in [0, 0.05) is 20.0 Å². The van der Waals surface area contributed by atoms with Crippen molar-refractivity contribution in [3.63, 3.8) is 0 Å². The number of ether oxygens (including phenoxy) is 4. The lowest BCUT2D eigenvalue weighted by Gasteiger charge is -2.46. The minimum atomic E-state index is -5.54. The van der Waals surface area contributed by atoms with Crippen LogP contribution in [0.4, 0.5) is 22.8 Å². The van der Waals surface area contributed by atoms with Gasteiger partial charge in [0.2, 0.25) is 17.8 Å². The molecular formula is C29H31F3N4O11. The maximum Gasteiger partial charge on any atom is 0.490 e. The van der Waals surface area contributed by atoms with Gasteiger partial charge in [-0.25, -0.2) is 19.2 Å². The molecule has 3 amide bonds. The molecule has 7 N–H and O–H groups in total. The number of aliphatic hydroxyl groups excluding tert-OH is 1. The number of alkyl halides is 3. The van der Waals surface area contributed by atoms with Gasteiger partial charge in [0.15, 0.2) is 6.10 Å². The van der Waals surface area contributed by atoms with Crippen LogP contribution < -0.4 is 21.7 Å². The summed E-state index contributed by atoms with van der Waals surface area (Å²) in [5.74, 6) is -9.64. The lowest BCUT2D eigenvalue weighted by molar-refractivity contribution is -0.287. The van der Waals surface area contributed by atoms with Crippen LogP contribution in [0.2, 0.25) is 0 Å². The fourth-order valence-electron chi connectivity index (χ4n) is 4.31. The first-order chi connectivity index (χ1) is 22.1. The van der Waals surface area contributed by atoms with E-state index in [9.17, 15) is 47.4 Å². The van der Waals surface area contributed by atoms with Gasteiger partial charge >= 0.3 is 36.1 Å². The lowest BCUT2D eigenvalue weighted by Crippen LogP contribution is -2.71. The Hall–Kier alpha value is -5.36. The maximum atomic E-state index is 13.2. The molecule has 4 atom stereocenters. The Morgan fingerprint density at radius 1 is 0.915 bits per heavy atom. The molecule has 1 aliphatic rings. The van der Waals surface area contributed by atoms with Gasteiger partial charge in [-0.1, -0.05) is 60.7 Å². The zero-order chi connectivity index (χ0) is 34.8. The number of esters is 1. The first-order valence-electron chi connectivity index (χ1n) is 13.7. The summed E-state index contributed by atoms with van der Waals surface area (Å²) in [5, 5.41) is 27.9. The van der Waals surface area contributed by atoms with E-state index in [0.717, 1.165) is 13.0 Å². The fourth-order valence-corrected chi connectivity index (χ4v) is 4.31. The Kier molecular flexibility index (Phi) is 12.1. The SMILES string of the molecule is CC(=O)N[C@H]1[C@H](C(OC(=O)NCc2ccccc2)(OC(=O)NCc2ccccc2)[C@H](O)COC(=O)C(F)(F)F)OC(C(=O)O)=C[C@@H]1N. The van der Waals surface area contributed by atoms with Crippen molar-refractivity contribution in [3.05, 3.63) is 83.6 Å². The number of nitrogens with two attached hydrogens (primary N) is 1. The Bertz CT molecular complexity index is 1400. The van der Waals surface area contributed by atoms with Gasteiger partial charge in [-0.05, 0) is 17.2 Å². The normalized spacial score (nSPS) is 18.3. The highest BCUT2D eigenvalue weighted by molar-refractivity contribution is 5.85. The van der Waals surface area contributed by atoms with Gasteiger partial charge in [0.25, 0.3) is 0 Å². The Balaban J connectivity index is 2.10. The van der Waals surface area contributed by atoms with Crippen LogP contribution in [-0.4, -0.2) is 83.1 Å². The third-order valence-corrected chi connectivity index (χ3v) is 6.45. The molecule has 15 nitrogen and oxygen atoms in total. The van der Waals surface area contributed by atoms with Gasteiger partial charge in [-0.15, -0.1) is 0 Å². The number of benzene rings is 2. The van der Waals surface area contributed by atoms with Crippen molar-refractivity contribution in [3.8, 4) is 0 Å². The van der Waals surface area contributed by atoms with Crippen LogP contribution in [0, 0.1) is 0 Å². The predicted molar refractivity (Wildman–Crippen MR) is 151 cm³/mol. The van der Waals surface area contributed by atoms with Crippen molar-refractivity contribution >= 4 is 30.0 Å². The van der Waals surface area contributed by atoms with Gasteiger partial charge < -0.3 is 50.8 Å². The molecule has 2 aromatic rings. The molecule has 1 heterocycles. The molecule has 3 rings (SSSR count). The topological polar surface area (TPSA) is 225 Å². The molecule has 0 unspecified atom stereocenters. The van der Waals surface area contributed by atoms with Gasteiger partial charge in [0.1, 0.15) is 6.61 Å². The molecule has 254 valence electrons. The fraction of sp³-hybridized carbons (Fsp3) is 0.345. The maximum absolute atomic E-state index is 13.2. The van der Waals surface area contributed by atoms with E-state index in [2.05, 4.69) is 20.7 Å². The van der Waals surface area contributed by atoms with E-state index in [-0.39, 0.29) is 13.1 Å². The van der Waals surface area contributed by atoms with E-state index in [1.165, 1.54) is 0 Å². The summed E-state index contributed by atoms with van der Waals surface area (Å²) >= 11 is 0. The highest BCUT2D eigenvalue weighted by atomic mass is 19.4. The van der Waals surface area contributed by atoms with Crippen molar-refractivity contribution in [1.29, 1.82) is 0 Å². The Morgan fingerprint density at radius 2 is 1.40 bits per heavy atom. The highest BCUT2D eigenvalue weighted by Crippen LogP contribution is 2.34. The van der Waals surface area contributed by atoms with Gasteiger partial charge in [-0.2, -0.15) is 13.2 Å². The minimum absolute atomic E-state index is 0.227. The molecular weight excluding hydrogens is 637 g/mol. The zero-order valence-electron chi connectivity index (χ0n) is 24.6. The van der Waals surface area contributed by atoms with Crippen LogP contribution in [0.15, 0.2) is 72.5 Å². The van der Waals surface area contributed by atoms with Crippen LogP contribution in [0.1, 0.15) is 18.1 Å². The summed E-state index contributed by atoms with van der Waals surface area (Å²) in [4.78, 5) is 62.0. The summed E-state index contributed by atoms with van der Waals surface area (Å²) in [6, 6.07) is 13.2. The molecule has 0 saturated carbocycles. The average Bonchev–Trinajstić information content (AvgIpc) is 3.02. The average molecular weight is 669 g/mol.